The van der Waals surface area contributed by atoms with Gasteiger partial charge in [-0.25, -0.2) is 0 Å². The van der Waals surface area contributed by atoms with Gasteiger partial charge in [-0.3, -0.25) is 8.57 Å². The van der Waals surface area contributed by atoms with E-state index in [4.69, 9.17) is 0 Å². The van der Waals surface area contributed by atoms with Crippen LogP contribution in [0.25, 0.3) is 0 Å². The molecule has 0 aliphatic carbocycles. The third kappa shape index (κ3) is 5.97. The van der Waals surface area contributed by atoms with E-state index >= 15 is 0 Å². The molecule has 0 unspecified atom stereocenters. The van der Waals surface area contributed by atoms with Crippen molar-refractivity contribution in [3.05, 3.63) is 60.7 Å². The van der Waals surface area contributed by atoms with E-state index < -0.39 is 20.2 Å². The number of hydrogen-bond donors (Lipinski definition) is 0. The summed E-state index contributed by atoms with van der Waals surface area (Å²) < 4.78 is 56.1. The van der Waals surface area contributed by atoms with Crippen molar-refractivity contribution in [1.82, 2.24) is 0 Å². The number of benzene rings is 2. The Bertz CT molecular complexity index is 875. The van der Waals surface area contributed by atoms with Gasteiger partial charge in [0.1, 0.15) is 9.79 Å². The number of rotatable bonds is 9. The molecule has 26 heavy (non-hydrogen) atoms. The molecule has 0 aliphatic rings. The molecular formula is C16H16N2O6S2. The molecule has 8 nitrogen and oxygen atoms in total. The van der Waals surface area contributed by atoms with Crippen molar-refractivity contribution in [3.63, 3.8) is 0 Å². The molecule has 0 N–H and O–H groups in total. The summed E-state index contributed by atoms with van der Waals surface area (Å²) in [6.45, 7) is 0. The summed E-state index contributed by atoms with van der Waals surface area (Å²) in [5, 5.41) is 6.76. The highest BCUT2D eigenvalue weighted by Gasteiger charge is 2.14. The zero-order valence-electron chi connectivity index (χ0n) is 13.5. The lowest BCUT2D eigenvalue weighted by atomic mass is 10.4. The van der Waals surface area contributed by atoms with Crippen LogP contribution in [0.1, 0.15) is 12.8 Å². The Morgan fingerprint density at radius 2 is 1.00 bits per heavy atom. The molecular weight excluding hydrogens is 380 g/mol. The van der Waals surface area contributed by atoms with E-state index in [1.165, 1.54) is 36.7 Å². The molecule has 0 bridgehead atoms. The molecule has 0 amide bonds. The van der Waals surface area contributed by atoms with Crippen LogP contribution < -0.4 is 0 Å². The molecule has 0 fully saturated rings. The second kappa shape index (κ2) is 9.11. The molecule has 2 rings (SSSR count). The smallest absolute Gasteiger partial charge is 0.265 e. The predicted molar refractivity (Wildman–Crippen MR) is 95.6 cm³/mol. The fourth-order valence-corrected chi connectivity index (χ4v) is 3.19. The van der Waals surface area contributed by atoms with E-state index in [0.29, 0.717) is 0 Å². The minimum absolute atomic E-state index is 0.00164. The minimum atomic E-state index is -3.94. The zero-order valence-corrected chi connectivity index (χ0v) is 15.1. The zero-order chi connectivity index (χ0) is 18.9. The molecule has 0 saturated carbocycles. The van der Waals surface area contributed by atoms with Gasteiger partial charge in [0.2, 0.25) is 0 Å². The van der Waals surface area contributed by atoms with Crippen molar-refractivity contribution < 1.29 is 25.4 Å². The van der Waals surface area contributed by atoms with Gasteiger partial charge in [0.15, 0.2) is 0 Å². The Morgan fingerprint density at radius 3 is 1.35 bits per heavy atom. The summed E-state index contributed by atoms with van der Waals surface area (Å²) >= 11 is 0. The van der Waals surface area contributed by atoms with Crippen LogP contribution >= 0.6 is 0 Å². The van der Waals surface area contributed by atoms with Crippen LogP contribution in [-0.2, 0) is 28.8 Å². The van der Waals surface area contributed by atoms with Crippen molar-refractivity contribution in [2.24, 2.45) is 10.3 Å². The summed E-state index contributed by atoms with van der Waals surface area (Å²) in [6, 6.07) is 15.2. The summed E-state index contributed by atoms with van der Waals surface area (Å²) in [6.07, 6.45) is 3.03. The predicted octanol–water partition coefficient (Wildman–Crippen LogP) is 2.55. The van der Waals surface area contributed by atoms with Crippen molar-refractivity contribution in [2.45, 2.75) is 22.6 Å². The molecule has 0 atom stereocenters. The van der Waals surface area contributed by atoms with Gasteiger partial charge in [-0.15, -0.1) is 0 Å². The fraction of sp³-hybridized carbons (Fsp3) is 0.125. The van der Waals surface area contributed by atoms with Gasteiger partial charge in [-0.1, -0.05) is 46.7 Å². The van der Waals surface area contributed by atoms with Gasteiger partial charge in [0, 0.05) is 12.4 Å². The van der Waals surface area contributed by atoms with E-state index in [-0.39, 0.29) is 22.6 Å². The fourth-order valence-electron chi connectivity index (χ4n) is 1.69. The van der Waals surface area contributed by atoms with Crippen molar-refractivity contribution >= 4 is 32.7 Å². The van der Waals surface area contributed by atoms with Gasteiger partial charge in [0.05, 0.1) is 0 Å². The van der Waals surface area contributed by atoms with E-state index in [0.717, 1.165) is 0 Å². The van der Waals surface area contributed by atoms with Crippen LogP contribution in [0.4, 0.5) is 0 Å². The minimum Gasteiger partial charge on any atom is -0.265 e. The van der Waals surface area contributed by atoms with Gasteiger partial charge in [-0.2, -0.15) is 16.8 Å². The quantitative estimate of drug-likeness (QED) is 0.366. The van der Waals surface area contributed by atoms with Gasteiger partial charge < -0.3 is 0 Å². The molecule has 0 spiro atoms. The number of oxime groups is 2. The van der Waals surface area contributed by atoms with E-state index in [9.17, 15) is 16.8 Å². The SMILES string of the molecule is O=S(=O)(O/N=C/CC/C=N/OS(=O)(=O)c1ccccc1)c1ccccc1. The van der Waals surface area contributed by atoms with Crippen LogP contribution in [0.15, 0.2) is 80.8 Å². The number of nitrogens with zero attached hydrogens (tertiary/aromatic N) is 2. The first-order valence-electron chi connectivity index (χ1n) is 7.43. The normalized spacial score (nSPS) is 12.5. The molecule has 0 aliphatic heterocycles. The van der Waals surface area contributed by atoms with Crippen molar-refractivity contribution in [1.29, 1.82) is 0 Å². The summed E-state index contributed by atoms with van der Waals surface area (Å²) in [7, 11) is -7.89. The Morgan fingerprint density at radius 1 is 0.654 bits per heavy atom. The highest BCUT2D eigenvalue weighted by molar-refractivity contribution is 7.87. The summed E-state index contributed by atoms with van der Waals surface area (Å²) in [4.78, 5) is -0.00328. The maximum absolute atomic E-state index is 11.8. The van der Waals surface area contributed by atoms with Gasteiger partial charge in [-0.05, 0) is 37.1 Å². The van der Waals surface area contributed by atoms with Crippen LogP contribution in [0, 0.1) is 0 Å². The number of unbranched alkanes of at least 4 members (excludes halogenated alkanes) is 1. The monoisotopic (exact) mass is 396 g/mol. The highest BCUT2D eigenvalue weighted by Crippen LogP contribution is 2.12. The third-order valence-electron chi connectivity index (χ3n) is 2.92. The van der Waals surface area contributed by atoms with E-state index in [1.807, 2.05) is 0 Å². The highest BCUT2D eigenvalue weighted by atomic mass is 32.2. The summed E-state index contributed by atoms with van der Waals surface area (Å²) in [5.41, 5.74) is 0. The van der Waals surface area contributed by atoms with Gasteiger partial charge >= 0.3 is 20.2 Å². The second-order valence-electron chi connectivity index (χ2n) is 4.84. The molecule has 138 valence electrons. The molecule has 0 aromatic heterocycles. The third-order valence-corrected chi connectivity index (χ3v) is 5.18. The Balaban J connectivity index is 1.75. The van der Waals surface area contributed by atoms with Crippen LogP contribution in [0.5, 0.6) is 0 Å². The molecule has 0 heterocycles. The molecule has 0 saturated heterocycles. The van der Waals surface area contributed by atoms with Gasteiger partial charge in [0.25, 0.3) is 0 Å². The van der Waals surface area contributed by atoms with Crippen LogP contribution in [-0.4, -0.2) is 29.3 Å². The molecule has 10 heteroatoms. The Hall–Kier alpha value is -2.72. The van der Waals surface area contributed by atoms with Crippen molar-refractivity contribution in [2.75, 3.05) is 0 Å². The van der Waals surface area contributed by atoms with Crippen LogP contribution in [0.3, 0.4) is 0 Å². The standard InChI is InChI=1S/C16H16N2O6S2/c19-25(20,15-9-3-1-4-10-15)23-17-13-7-8-14-18-24-26(21,22)16-11-5-2-6-12-16/h1-6,9-14H,7-8H2/b17-13+,18-14+. The lowest BCUT2D eigenvalue weighted by Crippen LogP contribution is -2.02. The summed E-state index contributed by atoms with van der Waals surface area (Å²) in [5.74, 6) is 0. The average molecular weight is 396 g/mol. The first-order chi connectivity index (χ1) is 12.4. The van der Waals surface area contributed by atoms with E-state index in [1.54, 1.807) is 36.4 Å². The number of hydrogen-bond acceptors (Lipinski definition) is 8. The largest absolute Gasteiger partial charge is 0.358 e. The molecule has 0 radical (unpaired) electrons. The lowest BCUT2D eigenvalue weighted by molar-refractivity contribution is 0.338. The topological polar surface area (TPSA) is 111 Å². The molecule has 2 aromatic rings. The average Bonchev–Trinajstić information content (AvgIpc) is 2.65. The first-order valence-corrected chi connectivity index (χ1v) is 10.2. The Labute approximate surface area is 152 Å². The molecule has 2 aromatic carbocycles. The first kappa shape index (κ1) is 19.6. The maximum atomic E-state index is 11.8. The Kier molecular flexibility index (Phi) is 6.87. The van der Waals surface area contributed by atoms with Crippen LogP contribution in [0.2, 0.25) is 0 Å². The van der Waals surface area contributed by atoms with E-state index in [2.05, 4.69) is 18.9 Å². The maximum Gasteiger partial charge on any atom is 0.358 e. The van der Waals surface area contributed by atoms with Crippen molar-refractivity contribution in [3.8, 4) is 0 Å². The second-order valence-corrected chi connectivity index (χ2v) is 7.89. The lowest BCUT2D eigenvalue weighted by Gasteiger charge is -2.00.